The van der Waals surface area contributed by atoms with Crippen LogP contribution in [0.15, 0.2) is 77.7 Å². The number of hydrogen-bond acceptors (Lipinski definition) is 7. The smallest absolute Gasteiger partial charge is 0.263 e. The number of hydrogen-bond donors (Lipinski definition) is 4. The van der Waals surface area contributed by atoms with Crippen molar-refractivity contribution in [1.29, 1.82) is 0 Å². The molecule has 0 saturated heterocycles. The second kappa shape index (κ2) is 8.62. The fourth-order valence-electron chi connectivity index (χ4n) is 2.95. The van der Waals surface area contributed by atoms with E-state index in [-0.39, 0.29) is 16.5 Å². The number of anilines is 4. The second-order valence-electron chi connectivity index (χ2n) is 6.69. The van der Waals surface area contributed by atoms with Gasteiger partial charge in [0.2, 0.25) is 0 Å². The van der Waals surface area contributed by atoms with Crippen LogP contribution in [0.3, 0.4) is 0 Å². The topological polar surface area (TPSA) is 116 Å². The van der Waals surface area contributed by atoms with Crippen LogP contribution in [0.5, 0.6) is 0 Å². The van der Waals surface area contributed by atoms with Gasteiger partial charge in [-0.2, -0.15) is 0 Å². The van der Waals surface area contributed by atoms with Crippen LogP contribution >= 0.6 is 0 Å². The molecule has 31 heavy (non-hydrogen) atoms. The van der Waals surface area contributed by atoms with E-state index in [0.29, 0.717) is 16.7 Å². The maximum Gasteiger partial charge on any atom is 0.263 e. The molecule has 0 saturated carbocycles. The molecule has 10 heteroatoms. The van der Waals surface area contributed by atoms with Gasteiger partial charge >= 0.3 is 0 Å². The number of benzene rings is 3. The Labute approximate surface area is 180 Å². The Morgan fingerprint density at radius 3 is 1.97 bits per heavy atom. The van der Waals surface area contributed by atoms with Crippen molar-refractivity contribution < 1.29 is 13.6 Å². The average Bonchev–Trinajstić information content (AvgIpc) is 2.80. The second-order valence-corrected chi connectivity index (χ2v) is 8.37. The first-order valence-corrected chi connectivity index (χ1v) is 10.9. The SMILES string of the molecule is C[B]c1ccc(Nc2nc3ccccc3nc2NS(=O)(=O)c2ccc(NO)cc2)cc1. The van der Waals surface area contributed by atoms with E-state index in [1.54, 1.807) is 6.07 Å². The molecular formula is C21H19BN5O3S. The van der Waals surface area contributed by atoms with Gasteiger partial charge in [0.1, 0.15) is 7.28 Å². The molecule has 1 radical (unpaired) electrons. The highest BCUT2D eigenvalue weighted by Crippen LogP contribution is 2.27. The summed E-state index contributed by atoms with van der Waals surface area (Å²) in [5.74, 6) is 0.360. The Morgan fingerprint density at radius 2 is 1.39 bits per heavy atom. The van der Waals surface area contributed by atoms with Gasteiger partial charge in [0.15, 0.2) is 11.6 Å². The molecule has 0 unspecified atom stereocenters. The van der Waals surface area contributed by atoms with Crippen molar-refractivity contribution in [2.45, 2.75) is 11.7 Å². The van der Waals surface area contributed by atoms with Crippen molar-refractivity contribution in [2.24, 2.45) is 0 Å². The van der Waals surface area contributed by atoms with E-state index < -0.39 is 10.0 Å². The van der Waals surface area contributed by atoms with E-state index in [1.807, 2.05) is 62.0 Å². The van der Waals surface area contributed by atoms with Crippen molar-refractivity contribution in [3.05, 3.63) is 72.8 Å². The zero-order valence-electron chi connectivity index (χ0n) is 16.6. The van der Waals surface area contributed by atoms with Gasteiger partial charge < -0.3 is 5.32 Å². The molecule has 0 fully saturated rings. The van der Waals surface area contributed by atoms with Crippen molar-refractivity contribution in [2.75, 3.05) is 15.5 Å². The van der Waals surface area contributed by atoms with Crippen molar-refractivity contribution in [3.63, 3.8) is 0 Å². The maximum absolute atomic E-state index is 12.9. The molecule has 0 bridgehead atoms. The Kier molecular flexibility index (Phi) is 5.74. The number of para-hydroxylation sites is 2. The lowest BCUT2D eigenvalue weighted by Crippen LogP contribution is -2.16. The van der Waals surface area contributed by atoms with Crippen molar-refractivity contribution in [3.8, 4) is 0 Å². The van der Waals surface area contributed by atoms with Crippen molar-refractivity contribution in [1.82, 2.24) is 9.97 Å². The van der Waals surface area contributed by atoms with E-state index >= 15 is 0 Å². The Morgan fingerprint density at radius 1 is 0.806 bits per heavy atom. The van der Waals surface area contributed by atoms with Crippen LogP contribution in [0.1, 0.15) is 0 Å². The van der Waals surface area contributed by atoms with Crippen LogP contribution in [0.4, 0.5) is 23.0 Å². The van der Waals surface area contributed by atoms with Gasteiger partial charge in [-0.1, -0.05) is 36.6 Å². The molecule has 3 aromatic carbocycles. The van der Waals surface area contributed by atoms with Gasteiger partial charge in [0, 0.05) is 5.69 Å². The van der Waals surface area contributed by atoms with Gasteiger partial charge in [-0.25, -0.2) is 18.4 Å². The van der Waals surface area contributed by atoms with Crippen LogP contribution in [0.25, 0.3) is 11.0 Å². The quantitative estimate of drug-likeness (QED) is 0.261. The summed E-state index contributed by atoms with van der Waals surface area (Å²) < 4.78 is 28.4. The van der Waals surface area contributed by atoms with E-state index in [2.05, 4.69) is 20.0 Å². The Bertz CT molecular complexity index is 1310. The molecule has 0 amide bonds. The summed E-state index contributed by atoms with van der Waals surface area (Å²) in [7, 11) is -1.96. The largest absolute Gasteiger partial charge is 0.337 e. The standard InChI is InChI=1S/C21H19BN5O3S/c1-22-14-6-8-15(9-7-14)23-20-21(25-19-5-3-2-4-18(19)24-20)27-31(29,30)17-12-10-16(26-28)11-13-17/h2-13,26,28H,1H3,(H,23,24)(H,25,27). The minimum atomic E-state index is -3.94. The summed E-state index contributed by atoms with van der Waals surface area (Å²) in [4.78, 5) is 9.07. The van der Waals surface area contributed by atoms with E-state index in [1.165, 1.54) is 24.3 Å². The molecule has 155 valence electrons. The van der Waals surface area contributed by atoms with E-state index in [9.17, 15) is 8.42 Å². The van der Waals surface area contributed by atoms with Gasteiger partial charge in [-0.3, -0.25) is 15.4 Å². The number of fused-ring (bicyclic) bond motifs is 1. The fourth-order valence-corrected chi connectivity index (χ4v) is 3.96. The summed E-state index contributed by atoms with van der Waals surface area (Å²) in [5.41, 5.74) is 5.34. The summed E-state index contributed by atoms with van der Waals surface area (Å²) in [6.45, 7) is 1.95. The first kappa shape index (κ1) is 20.6. The van der Waals surface area contributed by atoms with Crippen LogP contribution < -0.4 is 21.0 Å². The van der Waals surface area contributed by atoms with Crippen LogP contribution in [-0.4, -0.2) is 30.9 Å². The molecule has 1 aromatic heterocycles. The third-order valence-electron chi connectivity index (χ3n) is 4.60. The highest BCUT2D eigenvalue weighted by atomic mass is 32.2. The Hall–Kier alpha value is -3.63. The van der Waals surface area contributed by atoms with Crippen molar-refractivity contribution >= 4 is 56.8 Å². The Balaban J connectivity index is 1.72. The molecule has 0 aliphatic rings. The van der Waals surface area contributed by atoms with E-state index in [4.69, 9.17) is 5.21 Å². The third kappa shape index (κ3) is 4.60. The first-order valence-electron chi connectivity index (χ1n) is 9.45. The van der Waals surface area contributed by atoms with Gasteiger partial charge in [0.05, 0.1) is 21.6 Å². The molecule has 4 aromatic rings. The lowest BCUT2D eigenvalue weighted by atomic mass is 9.73. The maximum atomic E-state index is 12.9. The predicted molar refractivity (Wildman–Crippen MR) is 123 cm³/mol. The summed E-state index contributed by atoms with van der Waals surface area (Å²) >= 11 is 0. The molecule has 0 aliphatic heterocycles. The van der Waals surface area contributed by atoms with Gasteiger partial charge in [-0.05, 0) is 48.5 Å². The van der Waals surface area contributed by atoms with Crippen LogP contribution in [0.2, 0.25) is 6.82 Å². The number of nitrogens with one attached hydrogen (secondary N) is 3. The first-order chi connectivity index (χ1) is 15.0. The molecular weight excluding hydrogens is 413 g/mol. The highest BCUT2D eigenvalue weighted by Gasteiger charge is 2.19. The molecule has 1 heterocycles. The predicted octanol–water partition coefficient (Wildman–Crippen LogP) is 3.35. The lowest BCUT2D eigenvalue weighted by molar-refractivity contribution is 0.389. The monoisotopic (exact) mass is 432 g/mol. The molecule has 4 N–H and O–H groups in total. The molecule has 0 atom stereocenters. The molecule has 8 nitrogen and oxygen atoms in total. The normalized spacial score (nSPS) is 11.2. The number of rotatable bonds is 7. The number of sulfonamides is 1. The molecule has 4 rings (SSSR count). The number of nitrogens with zero attached hydrogens (tertiary/aromatic N) is 2. The molecule has 0 aliphatic carbocycles. The van der Waals surface area contributed by atoms with Crippen LogP contribution in [0, 0.1) is 0 Å². The lowest BCUT2D eigenvalue weighted by Gasteiger charge is -2.14. The zero-order chi connectivity index (χ0) is 21.8. The minimum absolute atomic E-state index is 0.0234. The third-order valence-corrected chi connectivity index (χ3v) is 5.96. The minimum Gasteiger partial charge on any atom is -0.337 e. The average molecular weight is 432 g/mol. The molecule has 0 spiro atoms. The van der Waals surface area contributed by atoms with Gasteiger partial charge in [0.25, 0.3) is 10.0 Å². The van der Waals surface area contributed by atoms with Crippen LogP contribution in [-0.2, 0) is 10.0 Å². The zero-order valence-corrected chi connectivity index (χ0v) is 17.4. The van der Waals surface area contributed by atoms with Gasteiger partial charge in [-0.15, -0.1) is 0 Å². The highest BCUT2D eigenvalue weighted by molar-refractivity contribution is 7.92. The summed E-state index contributed by atoms with van der Waals surface area (Å²) in [5, 5.41) is 12.1. The van der Waals surface area contributed by atoms with E-state index in [0.717, 1.165) is 11.2 Å². The summed E-state index contributed by atoms with van der Waals surface area (Å²) in [6, 6.07) is 20.5. The number of aromatic nitrogens is 2. The summed E-state index contributed by atoms with van der Waals surface area (Å²) in [6.07, 6.45) is 0. The fraction of sp³-hybridized carbons (Fsp3) is 0.0476.